The second-order valence-corrected chi connectivity index (χ2v) is 4.52. The molecule has 1 saturated heterocycles. The van der Waals surface area contributed by atoms with Crippen molar-refractivity contribution >= 4 is 5.91 Å². The van der Waals surface area contributed by atoms with Crippen molar-refractivity contribution in [3.8, 4) is 0 Å². The molecular weight excluding hydrogens is 194 g/mol. The van der Waals surface area contributed by atoms with Crippen LogP contribution in [0.3, 0.4) is 0 Å². The van der Waals surface area contributed by atoms with Crippen LogP contribution >= 0.6 is 0 Å². The van der Waals surface area contributed by atoms with Crippen LogP contribution in [0.1, 0.15) is 33.1 Å². The SMILES string of the molecule is CC(C)CC(CO)NC(=O)[C@@H]1CCCO1. The van der Waals surface area contributed by atoms with Crippen molar-refractivity contribution in [1.82, 2.24) is 5.32 Å². The molecule has 1 heterocycles. The van der Waals surface area contributed by atoms with Gasteiger partial charge in [0.1, 0.15) is 6.10 Å². The summed E-state index contributed by atoms with van der Waals surface area (Å²) in [5, 5.41) is 11.9. The first-order chi connectivity index (χ1) is 7.13. The van der Waals surface area contributed by atoms with Crippen molar-refractivity contribution < 1.29 is 14.6 Å². The van der Waals surface area contributed by atoms with E-state index in [4.69, 9.17) is 9.84 Å². The van der Waals surface area contributed by atoms with Crippen molar-refractivity contribution in [2.24, 2.45) is 5.92 Å². The number of aliphatic hydroxyl groups excluding tert-OH is 1. The van der Waals surface area contributed by atoms with Crippen LogP contribution in [-0.4, -0.2) is 36.4 Å². The lowest BCUT2D eigenvalue weighted by Gasteiger charge is -2.20. The molecule has 1 aliphatic heterocycles. The highest BCUT2D eigenvalue weighted by molar-refractivity contribution is 5.81. The molecular formula is C11H21NO3. The van der Waals surface area contributed by atoms with E-state index in [-0.39, 0.29) is 24.7 Å². The van der Waals surface area contributed by atoms with Crippen LogP contribution in [0.2, 0.25) is 0 Å². The summed E-state index contributed by atoms with van der Waals surface area (Å²) >= 11 is 0. The van der Waals surface area contributed by atoms with Crippen LogP contribution in [-0.2, 0) is 9.53 Å². The number of nitrogens with one attached hydrogen (secondary N) is 1. The number of amides is 1. The molecule has 1 unspecified atom stereocenters. The van der Waals surface area contributed by atoms with E-state index in [2.05, 4.69) is 19.2 Å². The average molecular weight is 215 g/mol. The number of aliphatic hydroxyl groups is 1. The molecule has 0 aromatic heterocycles. The smallest absolute Gasteiger partial charge is 0.249 e. The molecule has 0 saturated carbocycles. The van der Waals surface area contributed by atoms with Crippen LogP contribution in [0.25, 0.3) is 0 Å². The molecule has 0 aromatic carbocycles. The number of carbonyl (C=O) groups excluding carboxylic acids is 1. The maximum Gasteiger partial charge on any atom is 0.249 e. The van der Waals surface area contributed by atoms with Gasteiger partial charge in [0.25, 0.3) is 0 Å². The van der Waals surface area contributed by atoms with E-state index < -0.39 is 0 Å². The molecule has 1 amide bonds. The van der Waals surface area contributed by atoms with E-state index in [0.29, 0.717) is 12.5 Å². The summed E-state index contributed by atoms with van der Waals surface area (Å²) < 4.78 is 5.27. The topological polar surface area (TPSA) is 58.6 Å². The quantitative estimate of drug-likeness (QED) is 0.709. The molecule has 1 fully saturated rings. The fourth-order valence-corrected chi connectivity index (χ4v) is 1.83. The van der Waals surface area contributed by atoms with Gasteiger partial charge in [-0.3, -0.25) is 4.79 Å². The predicted octanol–water partition coefficient (Wildman–Crippen LogP) is 0.689. The van der Waals surface area contributed by atoms with Crippen LogP contribution in [0, 0.1) is 5.92 Å². The zero-order valence-electron chi connectivity index (χ0n) is 9.53. The maximum atomic E-state index is 11.6. The van der Waals surface area contributed by atoms with Gasteiger partial charge in [0.15, 0.2) is 0 Å². The first-order valence-electron chi connectivity index (χ1n) is 5.66. The molecule has 0 spiro atoms. The minimum absolute atomic E-state index is 0.00333. The average Bonchev–Trinajstić information content (AvgIpc) is 2.68. The Morgan fingerprint density at radius 2 is 2.33 bits per heavy atom. The van der Waals surface area contributed by atoms with Crippen molar-refractivity contribution in [2.45, 2.75) is 45.3 Å². The molecule has 15 heavy (non-hydrogen) atoms. The normalized spacial score (nSPS) is 23.1. The van der Waals surface area contributed by atoms with Gasteiger partial charge in [0, 0.05) is 6.61 Å². The number of rotatable bonds is 5. The highest BCUT2D eigenvalue weighted by Gasteiger charge is 2.25. The third-order valence-corrected chi connectivity index (χ3v) is 2.54. The summed E-state index contributed by atoms with van der Waals surface area (Å²) in [7, 11) is 0. The molecule has 2 N–H and O–H groups in total. The van der Waals surface area contributed by atoms with Crippen molar-refractivity contribution in [3.05, 3.63) is 0 Å². The van der Waals surface area contributed by atoms with Crippen molar-refractivity contribution in [1.29, 1.82) is 0 Å². The summed E-state index contributed by atoms with van der Waals surface area (Å²) in [4.78, 5) is 11.6. The van der Waals surface area contributed by atoms with Gasteiger partial charge in [-0.25, -0.2) is 0 Å². The Balaban J connectivity index is 2.33. The third-order valence-electron chi connectivity index (χ3n) is 2.54. The largest absolute Gasteiger partial charge is 0.394 e. The minimum atomic E-state index is -0.300. The molecule has 0 aromatic rings. The Kier molecular flexibility index (Phi) is 5.05. The van der Waals surface area contributed by atoms with E-state index in [0.717, 1.165) is 19.3 Å². The summed E-state index contributed by atoms with van der Waals surface area (Å²) in [5.74, 6) is 0.388. The summed E-state index contributed by atoms with van der Waals surface area (Å²) in [6.07, 6.45) is 2.25. The van der Waals surface area contributed by atoms with Gasteiger partial charge in [0.05, 0.1) is 12.6 Å². The lowest BCUT2D eigenvalue weighted by Crippen LogP contribution is -2.43. The van der Waals surface area contributed by atoms with Gasteiger partial charge in [-0.05, 0) is 25.2 Å². The van der Waals surface area contributed by atoms with Gasteiger partial charge in [-0.2, -0.15) is 0 Å². The highest BCUT2D eigenvalue weighted by atomic mass is 16.5. The van der Waals surface area contributed by atoms with Crippen LogP contribution in [0.5, 0.6) is 0 Å². The van der Waals surface area contributed by atoms with Crippen molar-refractivity contribution in [3.63, 3.8) is 0 Å². The number of hydrogen-bond donors (Lipinski definition) is 2. The molecule has 0 bridgehead atoms. The van der Waals surface area contributed by atoms with E-state index in [1.54, 1.807) is 0 Å². The van der Waals surface area contributed by atoms with Gasteiger partial charge >= 0.3 is 0 Å². The number of ether oxygens (including phenoxy) is 1. The Morgan fingerprint density at radius 3 is 2.80 bits per heavy atom. The van der Waals surface area contributed by atoms with Gasteiger partial charge < -0.3 is 15.2 Å². The van der Waals surface area contributed by atoms with Crippen molar-refractivity contribution in [2.75, 3.05) is 13.2 Å². The Bertz CT molecular complexity index is 200. The molecule has 0 radical (unpaired) electrons. The minimum Gasteiger partial charge on any atom is -0.394 e. The lowest BCUT2D eigenvalue weighted by molar-refractivity contribution is -0.131. The first-order valence-corrected chi connectivity index (χ1v) is 5.66. The second kappa shape index (κ2) is 6.08. The van der Waals surface area contributed by atoms with E-state index in [9.17, 15) is 4.79 Å². The number of carbonyl (C=O) groups is 1. The van der Waals surface area contributed by atoms with Crippen LogP contribution < -0.4 is 5.32 Å². The van der Waals surface area contributed by atoms with Gasteiger partial charge in [0.2, 0.25) is 5.91 Å². The number of hydrogen-bond acceptors (Lipinski definition) is 3. The van der Waals surface area contributed by atoms with E-state index >= 15 is 0 Å². The van der Waals surface area contributed by atoms with Gasteiger partial charge in [-0.15, -0.1) is 0 Å². The summed E-state index contributed by atoms with van der Waals surface area (Å²) in [6, 6.07) is -0.137. The Morgan fingerprint density at radius 1 is 1.60 bits per heavy atom. The highest BCUT2D eigenvalue weighted by Crippen LogP contribution is 2.13. The molecule has 1 rings (SSSR count). The zero-order chi connectivity index (χ0) is 11.3. The predicted molar refractivity (Wildman–Crippen MR) is 57.4 cm³/mol. The fraction of sp³-hybridized carbons (Fsp3) is 0.909. The molecule has 0 aliphatic carbocycles. The van der Waals surface area contributed by atoms with E-state index in [1.165, 1.54) is 0 Å². The molecule has 2 atom stereocenters. The third kappa shape index (κ3) is 4.18. The monoisotopic (exact) mass is 215 g/mol. The summed E-state index contributed by atoms with van der Waals surface area (Å²) in [5.41, 5.74) is 0. The van der Waals surface area contributed by atoms with Crippen LogP contribution in [0.15, 0.2) is 0 Å². The fourth-order valence-electron chi connectivity index (χ4n) is 1.83. The molecule has 4 nitrogen and oxygen atoms in total. The summed E-state index contributed by atoms with van der Waals surface area (Å²) in [6.45, 7) is 4.81. The van der Waals surface area contributed by atoms with Crippen LogP contribution in [0.4, 0.5) is 0 Å². The molecule has 88 valence electrons. The molecule has 1 aliphatic rings. The zero-order valence-corrected chi connectivity index (χ0v) is 9.53. The maximum absolute atomic E-state index is 11.6. The standard InChI is InChI=1S/C11H21NO3/c1-8(2)6-9(7-13)12-11(14)10-4-3-5-15-10/h8-10,13H,3-7H2,1-2H3,(H,12,14)/t9?,10-/m0/s1. The van der Waals surface area contributed by atoms with Gasteiger partial charge in [-0.1, -0.05) is 13.8 Å². The van der Waals surface area contributed by atoms with E-state index in [1.807, 2.05) is 0 Å². The Labute approximate surface area is 91.0 Å². The first kappa shape index (κ1) is 12.5. The Hall–Kier alpha value is -0.610. The molecule has 4 heteroatoms. The second-order valence-electron chi connectivity index (χ2n) is 4.52. The lowest BCUT2D eigenvalue weighted by atomic mass is 10.0.